The highest BCUT2D eigenvalue weighted by Gasteiger charge is 2.15. The van der Waals surface area contributed by atoms with Crippen LogP contribution in [0.25, 0.3) is 0 Å². The van der Waals surface area contributed by atoms with Gasteiger partial charge in [-0.3, -0.25) is 0 Å². The molecule has 2 rings (SSSR count). The molecule has 0 bridgehead atoms. The summed E-state index contributed by atoms with van der Waals surface area (Å²) in [6.07, 6.45) is 4.08. The summed E-state index contributed by atoms with van der Waals surface area (Å²) >= 11 is 1.98. The smallest absolute Gasteiger partial charge is 0.166 e. The second kappa shape index (κ2) is 4.99. The zero-order chi connectivity index (χ0) is 10.5. The molecule has 15 heavy (non-hydrogen) atoms. The second-order valence-electron chi connectivity index (χ2n) is 3.42. The fourth-order valence-corrected chi connectivity index (χ4v) is 2.77. The van der Waals surface area contributed by atoms with E-state index >= 15 is 0 Å². The maximum absolute atomic E-state index is 8.85. The van der Waals surface area contributed by atoms with Crippen LogP contribution < -0.4 is 5.32 Å². The van der Waals surface area contributed by atoms with Crippen LogP contribution in [0.2, 0.25) is 0 Å². The number of anilines is 1. The monoisotopic (exact) mass is 220 g/mol. The Kier molecular flexibility index (Phi) is 3.41. The third-order valence-corrected chi connectivity index (χ3v) is 3.76. The molecule has 0 radical (unpaired) electrons. The summed E-state index contributed by atoms with van der Waals surface area (Å²) in [5.74, 6) is 1.85. The van der Waals surface area contributed by atoms with Crippen LogP contribution in [0.4, 0.5) is 5.82 Å². The van der Waals surface area contributed by atoms with Gasteiger partial charge < -0.3 is 5.32 Å². The molecule has 4 nitrogen and oxygen atoms in total. The Bertz CT molecular complexity index is 368. The van der Waals surface area contributed by atoms with Gasteiger partial charge in [0.05, 0.1) is 11.8 Å². The van der Waals surface area contributed by atoms with Gasteiger partial charge in [-0.2, -0.15) is 22.1 Å². The van der Waals surface area contributed by atoms with Crippen molar-refractivity contribution in [2.75, 3.05) is 17.6 Å². The summed E-state index contributed by atoms with van der Waals surface area (Å²) in [6, 6.07) is 3.78. The maximum Gasteiger partial charge on any atom is 0.166 e. The van der Waals surface area contributed by atoms with Crippen molar-refractivity contribution in [2.45, 2.75) is 18.1 Å². The van der Waals surface area contributed by atoms with Gasteiger partial charge in [0.15, 0.2) is 5.82 Å². The zero-order valence-electron chi connectivity index (χ0n) is 8.31. The molecule has 0 amide bonds. The summed E-state index contributed by atoms with van der Waals surface area (Å²) in [7, 11) is 0. The van der Waals surface area contributed by atoms with Crippen LogP contribution in [0.15, 0.2) is 12.3 Å². The molecule has 2 heterocycles. The molecule has 0 aromatic carbocycles. The number of nitrogens with one attached hydrogen (secondary N) is 1. The molecular formula is C10H12N4S. The molecule has 5 heteroatoms. The molecule has 0 aliphatic carbocycles. The second-order valence-corrected chi connectivity index (χ2v) is 4.83. The maximum atomic E-state index is 8.85. The minimum Gasteiger partial charge on any atom is -0.366 e. The van der Waals surface area contributed by atoms with Crippen molar-refractivity contribution in [2.24, 2.45) is 0 Å². The lowest BCUT2D eigenvalue weighted by atomic mass is 10.2. The van der Waals surface area contributed by atoms with E-state index in [1.165, 1.54) is 24.8 Å². The SMILES string of the molecule is N#Cc1ccnnc1NCC1CCCS1. The lowest BCUT2D eigenvalue weighted by Gasteiger charge is -2.10. The van der Waals surface area contributed by atoms with Crippen molar-refractivity contribution in [3.05, 3.63) is 17.8 Å². The number of hydrogen-bond donors (Lipinski definition) is 1. The Morgan fingerprint density at radius 3 is 3.33 bits per heavy atom. The van der Waals surface area contributed by atoms with Gasteiger partial charge in [0.1, 0.15) is 6.07 Å². The summed E-state index contributed by atoms with van der Waals surface area (Å²) in [5.41, 5.74) is 0.563. The van der Waals surface area contributed by atoms with Crippen LogP contribution in [-0.2, 0) is 0 Å². The predicted molar refractivity (Wildman–Crippen MR) is 60.7 cm³/mol. The minimum absolute atomic E-state index is 0.563. The van der Waals surface area contributed by atoms with E-state index in [0.717, 1.165) is 6.54 Å². The van der Waals surface area contributed by atoms with Gasteiger partial charge in [-0.05, 0) is 24.7 Å². The lowest BCUT2D eigenvalue weighted by molar-refractivity contribution is 0.801. The molecule has 1 N–H and O–H groups in total. The van der Waals surface area contributed by atoms with Gasteiger partial charge in [0, 0.05) is 11.8 Å². The first-order valence-electron chi connectivity index (χ1n) is 4.97. The Morgan fingerprint density at radius 1 is 1.67 bits per heavy atom. The van der Waals surface area contributed by atoms with E-state index < -0.39 is 0 Å². The quantitative estimate of drug-likeness (QED) is 0.839. The van der Waals surface area contributed by atoms with Crippen molar-refractivity contribution in [1.29, 1.82) is 5.26 Å². The van der Waals surface area contributed by atoms with Crippen molar-refractivity contribution < 1.29 is 0 Å². The largest absolute Gasteiger partial charge is 0.366 e. The molecule has 1 aliphatic heterocycles. The molecule has 1 unspecified atom stereocenters. The molecule has 1 atom stereocenters. The van der Waals surface area contributed by atoms with E-state index in [1.54, 1.807) is 6.07 Å². The first kappa shape index (κ1) is 10.2. The number of hydrogen-bond acceptors (Lipinski definition) is 5. The standard InChI is InChI=1S/C10H12N4S/c11-6-8-3-4-13-14-10(8)12-7-9-2-1-5-15-9/h3-4,9H,1-2,5,7H2,(H,12,14). The molecule has 1 aliphatic rings. The molecule has 0 saturated carbocycles. The van der Waals surface area contributed by atoms with Crippen LogP contribution in [0, 0.1) is 11.3 Å². The number of aromatic nitrogens is 2. The number of nitriles is 1. The van der Waals surface area contributed by atoms with E-state index in [0.29, 0.717) is 16.6 Å². The Hall–Kier alpha value is -1.28. The van der Waals surface area contributed by atoms with Gasteiger partial charge in [-0.1, -0.05) is 0 Å². The van der Waals surface area contributed by atoms with Gasteiger partial charge >= 0.3 is 0 Å². The molecule has 78 valence electrons. The molecule has 1 fully saturated rings. The number of rotatable bonds is 3. The lowest BCUT2D eigenvalue weighted by Crippen LogP contribution is -2.15. The number of thioether (sulfide) groups is 1. The molecule has 1 aromatic rings. The highest BCUT2D eigenvalue weighted by molar-refractivity contribution is 8.00. The van der Waals surface area contributed by atoms with Crippen molar-refractivity contribution >= 4 is 17.6 Å². The summed E-state index contributed by atoms with van der Waals surface area (Å²) < 4.78 is 0. The highest BCUT2D eigenvalue weighted by Crippen LogP contribution is 2.26. The molecule has 0 spiro atoms. The van der Waals surface area contributed by atoms with E-state index in [4.69, 9.17) is 5.26 Å². The predicted octanol–water partition coefficient (Wildman–Crippen LogP) is 1.66. The van der Waals surface area contributed by atoms with Gasteiger partial charge in [0.2, 0.25) is 0 Å². The van der Waals surface area contributed by atoms with Crippen LogP contribution in [0.3, 0.4) is 0 Å². The molecule has 1 aromatic heterocycles. The average molecular weight is 220 g/mol. The topological polar surface area (TPSA) is 61.6 Å². The minimum atomic E-state index is 0.563. The summed E-state index contributed by atoms with van der Waals surface area (Å²) in [6.45, 7) is 0.873. The first-order chi connectivity index (χ1) is 7.40. The zero-order valence-corrected chi connectivity index (χ0v) is 9.13. The summed E-state index contributed by atoms with van der Waals surface area (Å²) in [5, 5.41) is 20.4. The van der Waals surface area contributed by atoms with E-state index in [1.807, 2.05) is 11.8 Å². The molecular weight excluding hydrogens is 208 g/mol. The third kappa shape index (κ3) is 2.60. The van der Waals surface area contributed by atoms with Crippen LogP contribution >= 0.6 is 11.8 Å². The van der Waals surface area contributed by atoms with E-state index in [-0.39, 0.29) is 0 Å². The van der Waals surface area contributed by atoms with Crippen molar-refractivity contribution in [3.8, 4) is 6.07 Å². The Morgan fingerprint density at radius 2 is 2.60 bits per heavy atom. The highest BCUT2D eigenvalue weighted by atomic mass is 32.2. The average Bonchev–Trinajstić information content (AvgIpc) is 2.79. The Labute approximate surface area is 93.1 Å². The van der Waals surface area contributed by atoms with Gasteiger partial charge in [-0.15, -0.1) is 5.10 Å². The fourth-order valence-electron chi connectivity index (χ4n) is 1.57. The van der Waals surface area contributed by atoms with Crippen molar-refractivity contribution in [1.82, 2.24) is 10.2 Å². The normalized spacial score (nSPS) is 19.8. The Balaban J connectivity index is 1.95. The van der Waals surface area contributed by atoms with Crippen LogP contribution in [0.5, 0.6) is 0 Å². The number of nitrogens with zero attached hydrogens (tertiary/aromatic N) is 3. The van der Waals surface area contributed by atoms with Crippen LogP contribution in [-0.4, -0.2) is 27.7 Å². The van der Waals surface area contributed by atoms with E-state index in [2.05, 4.69) is 21.6 Å². The molecule has 1 saturated heterocycles. The van der Waals surface area contributed by atoms with Gasteiger partial charge in [0.25, 0.3) is 0 Å². The summed E-state index contributed by atoms with van der Waals surface area (Å²) in [4.78, 5) is 0. The first-order valence-corrected chi connectivity index (χ1v) is 6.02. The van der Waals surface area contributed by atoms with Crippen LogP contribution in [0.1, 0.15) is 18.4 Å². The van der Waals surface area contributed by atoms with E-state index in [9.17, 15) is 0 Å². The third-order valence-electron chi connectivity index (χ3n) is 2.36. The van der Waals surface area contributed by atoms with Crippen molar-refractivity contribution in [3.63, 3.8) is 0 Å². The van der Waals surface area contributed by atoms with Gasteiger partial charge in [-0.25, -0.2) is 0 Å². The fraction of sp³-hybridized carbons (Fsp3) is 0.500.